The maximum atomic E-state index is 13.1. The fourth-order valence-electron chi connectivity index (χ4n) is 1.17. The van der Waals surface area contributed by atoms with Crippen LogP contribution in [-0.2, 0) is 16.1 Å². The van der Waals surface area contributed by atoms with E-state index in [0.29, 0.717) is 17.1 Å². The van der Waals surface area contributed by atoms with Gasteiger partial charge in [-0.3, -0.25) is 4.79 Å². The molecule has 88 valence electrons. The average Bonchev–Trinajstić information content (AvgIpc) is 2.26. The van der Waals surface area contributed by atoms with Crippen molar-refractivity contribution in [2.24, 2.45) is 5.73 Å². The SMILES string of the molecule is CCOC(=O)CSc1cc(F)cc(CN)c1. The maximum Gasteiger partial charge on any atom is 0.316 e. The van der Waals surface area contributed by atoms with Crippen molar-refractivity contribution in [3.63, 3.8) is 0 Å². The van der Waals surface area contributed by atoms with E-state index in [1.54, 1.807) is 13.0 Å². The van der Waals surface area contributed by atoms with Gasteiger partial charge in [-0.05, 0) is 30.7 Å². The molecular formula is C11H14FNO2S. The lowest BCUT2D eigenvalue weighted by Gasteiger charge is -2.04. The molecule has 0 saturated carbocycles. The van der Waals surface area contributed by atoms with Crippen molar-refractivity contribution in [2.75, 3.05) is 12.4 Å². The number of halogens is 1. The monoisotopic (exact) mass is 243 g/mol. The highest BCUT2D eigenvalue weighted by molar-refractivity contribution is 8.00. The number of ether oxygens (including phenoxy) is 1. The molecule has 3 nitrogen and oxygen atoms in total. The summed E-state index contributed by atoms with van der Waals surface area (Å²) in [5.41, 5.74) is 6.14. The third-order valence-electron chi connectivity index (χ3n) is 1.83. The van der Waals surface area contributed by atoms with Gasteiger partial charge in [-0.2, -0.15) is 0 Å². The Bertz CT molecular complexity index is 371. The van der Waals surface area contributed by atoms with Gasteiger partial charge in [-0.25, -0.2) is 4.39 Å². The summed E-state index contributed by atoms with van der Waals surface area (Å²) in [5.74, 6) is -0.457. The van der Waals surface area contributed by atoms with Gasteiger partial charge in [0.25, 0.3) is 0 Å². The first-order chi connectivity index (χ1) is 7.65. The molecular weight excluding hydrogens is 229 g/mol. The quantitative estimate of drug-likeness (QED) is 0.634. The van der Waals surface area contributed by atoms with Gasteiger partial charge in [0.05, 0.1) is 12.4 Å². The van der Waals surface area contributed by atoms with Crippen LogP contribution < -0.4 is 5.73 Å². The minimum absolute atomic E-state index is 0.182. The van der Waals surface area contributed by atoms with E-state index in [1.165, 1.54) is 23.9 Å². The van der Waals surface area contributed by atoms with Gasteiger partial charge >= 0.3 is 5.97 Å². The van der Waals surface area contributed by atoms with E-state index in [-0.39, 0.29) is 24.1 Å². The normalized spacial score (nSPS) is 10.2. The zero-order valence-corrected chi connectivity index (χ0v) is 9.85. The largest absolute Gasteiger partial charge is 0.465 e. The number of thioether (sulfide) groups is 1. The zero-order valence-electron chi connectivity index (χ0n) is 9.03. The smallest absolute Gasteiger partial charge is 0.316 e. The first-order valence-electron chi connectivity index (χ1n) is 4.93. The Morgan fingerprint density at radius 1 is 1.50 bits per heavy atom. The highest BCUT2D eigenvalue weighted by atomic mass is 32.2. The molecule has 1 aromatic rings. The molecule has 1 aromatic carbocycles. The summed E-state index contributed by atoms with van der Waals surface area (Å²) in [5, 5.41) is 0. The van der Waals surface area contributed by atoms with Crippen LogP contribution in [0.25, 0.3) is 0 Å². The van der Waals surface area contributed by atoms with Crippen LogP contribution in [-0.4, -0.2) is 18.3 Å². The molecule has 0 amide bonds. The molecule has 0 fully saturated rings. The van der Waals surface area contributed by atoms with Crippen molar-refractivity contribution >= 4 is 17.7 Å². The van der Waals surface area contributed by atoms with E-state index < -0.39 is 0 Å². The van der Waals surface area contributed by atoms with E-state index in [2.05, 4.69) is 0 Å². The molecule has 5 heteroatoms. The predicted molar refractivity (Wildman–Crippen MR) is 61.6 cm³/mol. The fourth-order valence-corrected chi connectivity index (χ4v) is 1.97. The molecule has 2 N–H and O–H groups in total. The van der Waals surface area contributed by atoms with Gasteiger partial charge in [0.1, 0.15) is 5.82 Å². The van der Waals surface area contributed by atoms with Crippen LogP contribution >= 0.6 is 11.8 Å². The van der Waals surface area contributed by atoms with Gasteiger partial charge in [0.15, 0.2) is 0 Å². The molecule has 0 aliphatic carbocycles. The van der Waals surface area contributed by atoms with E-state index in [4.69, 9.17) is 10.5 Å². The Hall–Kier alpha value is -1.07. The van der Waals surface area contributed by atoms with Crippen LogP contribution in [0.15, 0.2) is 23.1 Å². The number of hydrogen-bond donors (Lipinski definition) is 1. The van der Waals surface area contributed by atoms with E-state index >= 15 is 0 Å². The highest BCUT2D eigenvalue weighted by Crippen LogP contribution is 2.21. The van der Waals surface area contributed by atoms with Crippen molar-refractivity contribution in [3.8, 4) is 0 Å². The summed E-state index contributed by atoms with van der Waals surface area (Å²) in [6.07, 6.45) is 0. The molecule has 0 radical (unpaired) electrons. The predicted octanol–water partition coefficient (Wildman–Crippen LogP) is 1.94. The van der Waals surface area contributed by atoms with Crippen molar-refractivity contribution in [2.45, 2.75) is 18.4 Å². The molecule has 1 rings (SSSR count). The van der Waals surface area contributed by atoms with Crippen molar-refractivity contribution in [1.82, 2.24) is 0 Å². The first kappa shape index (κ1) is 13.0. The van der Waals surface area contributed by atoms with Crippen molar-refractivity contribution in [1.29, 1.82) is 0 Å². The number of carbonyl (C=O) groups is 1. The second-order valence-electron chi connectivity index (χ2n) is 3.09. The molecule has 0 aromatic heterocycles. The summed E-state index contributed by atoms with van der Waals surface area (Å²) in [6, 6.07) is 4.53. The number of benzene rings is 1. The van der Waals surface area contributed by atoms with Crippen LogP contribution in [0.2, 0.25) is 0 Å². The minimum Gasteiger partial charge on any atom is -0.465 e. The molecule has 0 unspecified atom stereocenters. The highest BCUT2D eigenvalue weighted by Gasteiger charge is 2.05. The average molecular weight is 243 g/mol. The van der Waals surface area contributed by atoms with Crippen LogP contribution in [0.3, 0.4) is 0 Å². The number of esters is 1. The second-order valence-corrected chi connectivity index (χ2v) is 4.14. The molecule has 0 spiro atoms. The molecule has 0 aliphatic heterocycles. The third-order valence-corrected chi connectivity index (χ3v) is 2.78. The number of rotatable bonds is 5. The van der Waals surface area contributed by atoms with Gasteiger partial charge in [0, 0.05) is 11.4 Å². The Balaban J connectivity index is 2.59. The Kier molecular flexibility index (Phi) is 5.28. The zero-order chi connectivity index (χ0) is 12.0. The molecule has 0 bridgehead atoms. The van der Waals surface area contributed by atoms with Gasteiger partial charge in [-0.1, -0.05) is 0 Å². The summed E-state index contributed by atoms with van der Waals surface area (Å²) in [7, 11) is 0. The van der Waals surface area contributed by atoms with Crippen molar-refractivity contribution < 1.29 is 13.9 Å². The number of hydrogen-bond acceptors (Lipinski definition) is 4. The Labute approximate surface area is 98.2 Å². The minimum atomic E-state index is -0.339. The lowest BCUT2D eigenvalue weighted by Crippen LogP contribution is -2.06. The molecule has 0 saturated heterocycles. The lowest BCUT2D eigenvalue weighted by molar-refractivity contribution is -0.139. The Morgan fingerprint density at radius 3 is 2.88 bits per heavy atom. The fraction of sp³-hybridized carbons (Fsp3) is 0.364. The summed E-state index contributed by atoms with van der Waals surface area (Å²) in [4.78, 5) is 11.8. The van der Waals surface area contributed by atoms with Crippen LogP contribution in [0, 0.1) is 5.82 Å². The van der Waals surface area contributed by atoms with E-state index in [1.807, 2.05) is 0 Å². The summed E-state index contributed by atoms with van der Waals surface area (Å²) in [6.45, 7) is 2.39. The Morgan fingerprint density at radius 2 is 2.25 bits per heavy atom. The van der Waals surface area contributed by atoms with Crippen molar-refractivity contribution in [3.05, 3.63) is 29.6 Å². The lowest BCUT2D eigenvalue weighted by atomic mass is 10.2. The second kappa shape index (κ2) is 6.50. The van der Waals surface area contributed by atoms with E-state index in [9.17, 15) is 9.18 Å². The first-order valence-corrected chi connectivity index (χ1v) is 5.92. The summed E-state index contributed by atoms with van der Waals surface area (Å²) >= 11 is 1.24. The standard InChI is InChI=1S/C11H14FNO2S/c1-2-15-11(14)7-16-10-4-8(6-13)3-9(12)5-10/h3-5H,2,6-7,13H2,1H3. The van der Waals surface area contributed by atoms with Crippen LogP contribution in [0.1, 0.15) is 12.5 Å². The number of nitrogens with two attached hydrogens (primary N) is 1. The molecule has 16 heavy (non-hydrogen) atoms. The molecule has 0 heterocycles. The van der Waals surface area contributed by atoms with Gasteiger partial charge < -0.3 is 10.5 Å². The number of carbonyl (C=O) groups excluding carboxylic acids is 1. The molecule has 0 aliphatic rings. The molecule has 0 atom stereocenters. The van der Waals surface area contributed by atoms with Crippen LogP contribution in [0.5, 0.6) is 0 Å². The van der Waals surface area contributed by atoms with E-state index in [0.717, 1.165) is 0 Å². The van der Waals surface area contributed by atoms with Gasteiger partial charge in [-0.15, -0.1) is 11.8 Å². The summed E-state index contributed by atoms with van der Waals surface area (Å²) < 4.78 is 17.9. The topological polar surface area (TPSA) is 52.3 Å². The van der Waals surface area contributed by atoms with Gasteiger partial charge in [0.2, 0.25) is 0 Å². The van der Waals surface area contributed by atoms with Crippen LogP contribution in [0.4, 0.5) is 4.39 Å². The third kappa shape index (κ3) is 4.20. The maximum absolute atomic E-state index is 13.1.